The van der Waals surface area contributed by atoms with Crippen LogP contribution in [0, 0.1) is 0 Å². The smallest absolute Gasteiger partial charge is 0.317 e. The summed E-state index contributed by atoms with van der Waals surface area (Å²) in [5.74, 6) is 0. The summed E-state index contributed by atoms with van der Waals surface area (Å²) in [6.07, 6.45) is 0. The molecule has 0 aliphatic carbocycles. The third kappa shape index (κ3) is 15.1. The summed E-state index contributed by atoms with van der Waals surface area (Å²) < 4.78 is 21.1. The molecule has 0 aliphatic heterocycles. The molecule has 3 nitrogen and oxygen atoms in total. The van der Waals surface area contributed by atoms with E-state index in [1.165, 1.54) is 13.8 Å². The van der Waals surface area contributed by atoms with Gasteiger partial charge in [-0.05, 0) is 19.6 Å². The van der Waals surface area contributed by atoms with E-state index in [9.17, 15) is 4.57 Å². The lowest BCUT2D eigenvalue weighted by atomic mass is 11.8. The van der Waals surface area contributed by atoms with Crippen LogP contribution in [-0.4, -0.2) is 22.1 Å². The largest absolute Gasteiger partial charge is 0.351 e. The van der Waals surface area contributed by atoms with Gasteiger partial charge in [0.05, 0.1) is 0 Å². The molecule has 0 heterocycles. The van der Waals surface area contributed by atoms with Crippen molar-refractivity contribution in [2.75, 3.05) is 13.8 Å². The van der Waals surface area contributed by atoms with Gasteiger partial charge in [-0.15, -0.1) is 0 Å². The van der Waals surface area contributed by atoms with E-state index in [0.29, 0.717) is 0 Å². The Hall–Kier alpha value is 0.367. The number of hydrogen-bond donors (Lipinski definition) is 0. The molecule has 0 rings (SSSR count). The fourth-order valence-electron chi connectivity index (χ4n) is 0.535. The molecular weight excluding hydrogens is 203 g/mol. The van der Waals surface area contributed by atoms with Crippen LogP contribution in [0.3, 0.4) is 0 Å². The normalized spacial score (nSPS) is 14.2. The minimum atomic E-state index is -2.73. The van der Waals surface area contributed by atoms with E-state index >= 15 is 0 Å². The highest BCUT2D eigenvalue weighted by atomic mass is 31.2. The number of rotatable bonds is 3. The molecule has 0 bridgehead atoms. The maximum atomic E-state index is 11.2. The zero-order valence-corrected chi connectivity index (χ0v) is 9.07. The first-order valence-corrected chi connectivity index (χ1v) is 8.51. The van der Waals surface area contributed by atoms with Crippen molar-refractivity contribution in [1.29, 1.82) is 0 Å². The Balaban J connectivity index is -0.000000135. The van der Waals surface area contributed by atoms with Crippen molar-refractivity contribution in [3.63, 3.8) is 0 Å². The molecule has 0 saturated carbocycles. The van der Waals surface area contributed by atoms with Gasteiger partial charge in [-0.1, -0.05) is 22.3 Å². The van der Waals surface area contributed by atoms with Gasteiger partial charge in [0.25, 0.3) is 0 Å². The van der Waals surface area contributed by atoms with Crippen molar-refractivity contribution in [1.82, 2.24) is 0 Å². The van der Waals surface area contributed by atoms with Crippen LogP contribution in [0.2, 0.25) is 19.6 Å². The lowest BCUT2D eigenvalue weighted by Crippen LogP contribution is -2.23. The highest BCUT2D eigenvalue weighted by Gasteiger charge is 2.25. The van der Waals surface area contributed by atoms with Crippen LogP contribution in [0.1, 0.15) is 22.3 Å². The molecule has 5 heteroatoms. The molecule has 0 aliphatic rings. The van der Waals surface area contributed by atoms with Crippen LogP contribution < -0.4 is 0 Å². The standard InChI is InChI=1S/C5H15O3PSi.3CH4/c1-7-9(2,6)8-10(3,4)5;;;/h1-5H3;3*1H4. The molecule has 1 atom stereocenters. The summed E-state index contributed by atoms with van der Waals surface area (Å²) in [5, 5.41) is 0. The summed E-state index contributed by atoms with van der Waals surface area (Å²) in [4.78, 5) is 0. The maximum Gasteiger partial charge on any atom is 0.317 e. The van der Waals surface area contributed by atoms with Gasteiger partial charge >= 0.3 is 7.60 Å². The van der Waals surface area contributed by atoms with Gasteiger partial charge < -0.3 is 8.74 Å². The second-order valence-electron chi connectivity index (χ2n) is 3.16. The quantitative estimate of drug-likeness (QED) is 0.538. The van der Waals surface area contributed by atoms with Crippen molar-refractivity contribution in [2.45, 2.75) is 41.9 Å². The van der Waals surface area contributed by atoms with Crippen LogP contribution >= 0.6 is 7.60 Å². The second-order valence-corrected chi connectivity index (χ2v) is 10.0. The van der Waals surface area contributed by atoms with Gasteiger partial charge in [-0.3, -0.25) is 4.57 Å². The molecule has 0 saturated heterocycles. The van der Waals surface area contributed by atoms with Gasteiger partial charge in [0.1, 0.15) is 0 Å². The molecule has 1 unspecified atom stereocenters. The first-order valence-electron chi connectivity index (χ1n) is 3.11. The lowest BCUT2D eigenvalue weighted by molar-refractivity contribution is 0.327. The summed E-state index contributed by atoms with van der Waals surface area (Å²) in [6, 6.07) is 0. The zero-order chi connectivity index (χ0) is 8.41. The molecule has 0 amide bonds. The summed E-state index contributed by atoms with van der Waals surface area (Å²) in [7, 11) is -3.03. The SMILES string of the molecule is C.C.C.COP(C)(=O)O[Si](C)(C)C. The van der Waals surface area contributed by atoms with E-state index in [0.717, 1.165) is 0 Å². The first kappa shape index (κ1) is 23.3. The van der Waals surface area contributed by atoms with E-state index < -0.39 is 15.9 Å². The van der Waals surface area contributed by atoms with Crippen LogP contribution in [0.5, 0.6) is 0 Å². The molecule has 0 radical (unpaired) electrons. The average Bonchev–Trinajstić information content (AvgIpc) is 1.60. The fraction of sp³-hybridized carbons (Fsp3) is 1.00. The van der Waals surface area contributed by atoms with Crippen molar-refractivity contribution in [3.05, 3.63) is 0 Å². The zero-order valence-electron chi connectivity index (χ0n) is 7.17. The van der Waals surface area contributed by atoms with Crippen molar-refractivity contribution < 1.29 is 13.3 Å². The van der Waals surface area contributed by atoms with Gasteiger partial charge in [-0.25, -0.2) is 0 Å². The Morgan fingerprint density at radius 1 is 1.08 bits per heavy atom. The molecule has 13 heavy (non-hydrogen) atoms. The summed E-state index contributed by atoms with van der Waals surface area (Å²) in [6.45, 7) is 7.41. The first-order chi connectivity index (χ1) is 4.27. The maximum absolute atomic E-state index is 11.2. The predicted molar refractivity (Wildman–Crippen MR) is 65.2 cm³/mol. The number of hydrogen-bond acceptors (Lipinski definition) is 3. The van der Waals surface area contributed by atoms with Crippen LogP contribution in [0.15, 0.2) is 0 Å². The minimum absolute atomic E-state index is 0. The van der Waals surface area contributed by atoms with Gasteiger partial charge in [0, 0.05) is 13.8 Å². The molecule has 0 aromatic rings. The molecule has 0 spiro atoms. The van der Waals surface area contributed by atoms with Gasteiger partial charge in [0.15, 0.2) is 8.32 Å². The highest BCUT2D eigenvalue weighted by Crippen LogP contribution is 2.45. The molecule has 0 aromatic heterocycles. The van der Waals surface area contributed by atoms with Crippen molar-refractivity contribution in [3.8, 4) is 0 Å². The lowest BCUT2D eigenvalue weighted by Gasteiger charge is -2.21. The Labute approximate surface area is 85.5 Å². The third-order valence-corrected chi connectivity index (χ3v) is 4.95. The Morgan fingerprint density at radius 3 is 1.46 bits per heavy atom. The van der Waals surface area contributed by atoms with E-state index in [1.54, 1.807) is 0 Å². The molecule has 0 N–H and O–H groups in total. The van der Waals surface area contributed by atoms with Gasteiger partial charge in [-0.2, -0.15) is 0 Å². The van der Waals surface area contributed by atoms with E-state index in [1.807, 2.05) is 19.6 Å². The fourth-order valence-corrected chi connectivity index (χ4v) is 4.81. The predicted octanol–water partition coefficient (Wildman–Crippen LogP) is 4.22. The van der Waals surface area contributed by atoms with Crippen LogP contribution in [0.4, 0.5) is 0 Å². The van der Waals surface area contributed by atoms with Gasteiger partial charge in [0.2, 0.25) is 0 Å². The van der Waals surface area contributed by atoms with Crippen molar-refractivity contribution >= 4 is 15.9 Å². The van der Waals surface area contributed by atoms with E-state index in [2.05, 4.69) is 4.52 Å². The van der Waals surface area contributed by atoms with Crippen LogP contribution in [0.25, 0.3) is 0 Å². The molecule has 0 aromatic carbocycles. The topological polar surface area (TPSA) is 35.5 Å². The van der Waals surface area contributed by atoms with E-state index in [-0.39, 0.29) is 22.3 Å². The molecule has 86 valence electrons. The van der Waals surface area contributed by atoms with E-state index in [4.69, 9.17) is 4.21 Å². The third-order valence-electron chi connectivity index (χ3n) is 0.771. The highest BCUT2D eigenvalue weighted by molar-refractivity contribution is 7.54. The summed E-state index contributed by atoms with van der Waals surface area (Å²) >= 11 is 0. The molecule has 0 fully saturated rings. The summed E-state index contributed by atoms with van der Waals surface area (Å²) in [5.41, 5.74) is 0. The average molecular weight is 230 g/mol. The second kappa shape index (κ2) is 7.74. The Morgan fingerprint density at radius 2 is 1.38 bits per heavy atom. The molecular formula is C8H27O3PSi. The monoisotopic (exact) mass is 230 g/mol. The Bertz CT molecular complexity index is 154. The Kier molecular flexibility index (Phi) is 13.9. The minimum Gasteiger partial charge on any atom is -0.351 e. The van der Waals surface area contributed by atoms with Crippen molar-refractivity contribution in [2.24, 2.45) is 0 Å². The van der Waals surface area contributed by atoms with Crippen LogP contribution in [-0.2, 0) is 13.3 Å².